The number of carbonyl (C=O) groups is 1. The van der Waals surface area contributed by atoms with Gasteiger partial charge in [0.1, 0.15) is 0 Å². The van der Waals surface area contributed by atoms with E-state index >= 15 is 0 Å². The number of aliphatic hydroxyl groups excluding tert-OH is 2. The zero-order chi connectivity index (χ0) is 45.6. The first-order valence-electron chi connectivity index (χ1n) is 28.0. The van der Waals surface area contributed by atoms with Gasteiger partial charge >= 0.3 is 0 Å². The highest BCUT2D eigenvalue weighted by molar-refractivity contribution is 5.76. The normalized spacial score (nSPS) is 13.3. The number of carbonyl (C=O) groups excluding carboxylic acids is 1. The predicted octanol–water partition coefficient (Wildman–Crippen LogP) is 18.4. The van der Waals surface area contributed by atoms with Crippen molar-refractivity contribution >= 4 is 5.91 Å². The van der Waals surface area contributed by atoms with Gasteiger partial charge in [-0.2, -0.15) is 0 Å². The number of amides is 1. The number of unbranched alkanes of at least 4 members (excludes halogenated alkanes) is 36. The molecule has 0 aromatic rings. The maximum Gasteiger partial charge on any atom is 0.220 e. The summed E-state index contributed by atoms with van der Waals surface area (Å²) in [7, 11) is 0. The summed E-state index contributed by atoms with van der Waals surface area (Å²) >= 11 is 0. The lowest BCUT2D eigenvalue weighted by molar-refractivity contribution is -0.123. The van der Waals surface area contributed by atoms with Crippen LogP contribution in [0.4, 0.5) is 0 Å². The number of hydrogen-bond donors (Lipinski definition) is 3. The van der Waals surface area contributed by atoms with Crippen LogP contribution in [0.5, 0.6) is 0 Å². The van der Waals surface area contributed by atoms with Crippen LogP contribution in [-0.2, 0) is 4.79 Å². The maximum atomic E-state index is 12.5. The molecule has 0 aliphatic carbocycles. The molecule has 4 heteroatoms. The van der Waals surface area contributed by atoms with Gasteiger partial charge in [0.05, 0.1) is 18.8 Å². The lowest BCUT2D eigenvalue weighted by atomic mass is 10.0. The standard InChI is InChI=1S/C59H109NO3/c1-3-5-7-9-11-13-15-17-19-21-23-24-25-26-27-28-29-30-31-32-33-34-35-36-37-39-41-43-45-47-49-51-53-55-59(63)60-57(56-61)58(62)54-52-50-48-46-44-42-40-38-22-20-18-16-14-12-10-8-6-4-2/h15,17,21-23,38,44,46,52,54,57-58,61-62H,3-14,16,18-20,24-37,39-43,45,47-51,53,55-56H2,1-2H3,(H,60,63)/b17-15-,23-21-,38-22+,46-44+,54-52+. The van der Waals surface area contributed by atoms with Crippen LogP contribution in [0, 0.1) is 0 Å². The van der Waals surface area contributed by atoms with Crippen LogP contribution < -0.4 is 5.32 Å². The van der Waals surface area contributed by atoms with Crippen LogP contribution in [0.2, 0.25) is 0 Å². The average Bonchev–Trinajstić information content (AvgIpc) is 3.29. The molecule has 0 radical (unpaired) electrons. The van der Waals surface area contributed by atoms with E-state index in [4.69, 9.17) is 0 Å². The highest BCUT2D eigenvalue weighted by Gasteiger charge is 2.18. The van der Waals surface area contributed by atoms with Crippen LogP contribution in [0.3, 0.4) is 0 Å². The fourth-order valence-corrected chi connectivity index (χ4v) is 8.42. The molecule has 2 atom stereocenters. The third kappa shape index (κ3) is 50.9. The Hall–Kier alpha value is -1.91. The van der Waals surface area contributed by atoms with E-state index in [1.54, 1.807) is 6.08 Å². The maximum absolute atomic E-state index is 12.5. The molecular weight excluding hydrogens is 771 g/mol. The van der Waals surface area contributed by atoms with Gasteiger partial charge in [0.15, 0.2) is 0 Å². The minimum absolute atomic E-state index is 0.0750. The quantitative estimate of drug-likeness (QED) is 0.0421. The summed E-state index contributed by atoms with van der Waals surface area (Å²) in [4.78, 5) is 12.5. The molecule has 4 nitrogen and oxygen atoms in total. The summed E-state index contributed by atoms with van der Waals surface area (Å²) in [6.45, 7) is 4.29. The van der Waals surface area contributed by atoms with Gasteiger partial charge in [0, 0.05) is 6.42 Å². The zero-order valence-corrected chi connectivity index (χ0v) is 42.3. The number of aliphatic hydroxyl groups is 2. The van der Waals surface area contributed by atoms with Crippen molar-refractivity contribution in [2.24, 2.45) is 0 Å². The van der Waals surface area contributed by atoms with Crippen molar-refractivity contribution in [3.63, 3.8) is 0 Å². The SMILES string of the molecule is CCCCCCC/C=C\C/C=C\CCCCCCCCCCCCCCCCCCCCCCCC(=O)NC(CO)C(O)/C=C/CC/C=C/CC/C=C/CCCCCCCCCC. The van der Waals surface area contributed by atoms with Crippen molar-refractivity contribution in [2.45, 2.75) is 302 Å². The molecule has 0 fully saturated rings. The van der Waals surface area contributed by atoms with Gasteiger partial charge < -0.3 is 15.5 Å². The monoisotopic (exact) mass is 880 g/mol. The van der Waals surface area contributed by atoms with Gasteiger partial charge in [-0.25, -0.2) is 0 Å². The first-order valence-corrected chi connectivity index (χ1v) is 28.0. The van der Waals surface area contributed by atoms with Gasteiger partial charge in [-0.15, -0.1) is 0 Å². The van der Waals surface area contributed by atoms with Crippen molar-refractivity contribution in [1.29, 1.82) is 0 Å². The van der Waals surface area contributed by atoms with Gasteiger partial charge in [0.2, 0.25) is 5.91 Å². The topological polar surface area (TPSA) is 69.6 Å². The van der Waals surface area contributed by atoms with Gasteiger partial charge in [-0.1, -0.05) is 267 Å². The molecule has 0 saturated carbocycles. The van der Waals surface area contributed by atoms with Crippen LogP contribution in [-0.4, -0.2) is 34.9 Å². The third-order valence-electron chi connectivity index (χ3n) is 12.7. The predicted molar refractivity (Wildman–Crippen MR) is 281 cm³/mol. The summed E-state index contributed by atoms with van der Waals surface area (Å²) in [6.07, 6.45) is 76.7. The Bertz CT molecular complexity index is 1040. The van der Waals surface area contributed by atoms with E-state index in [0.717, 1.165) is 44.9 Å². The molecule has 0 bridgehead atoms. The van der Waals surface area contributed by atoms with Crippen molar-refractivity contribution in [2.75, 3.05) is 6.61 Å². The molecule has 63 heavy (non-hydrogen) atoms. The van der Waals surface area contributed by atoms with Gasteiger partial charge in [0.25, 0.3) is 0 Å². The molecule has 0 aliphatic rings. The van der Waals surface area contributed by atoms with Crippen molar-refractivity contribution in [3.05, 3.63) is 60.8 Å². The van der Waals surface area contributed by atoms with Crippen LogP contribution in [0.15, 0.2) is 60.8 Å². The third-order valence-corrected chi connectivity index (χ3v) is 12.7. The van der Waals surface area contributed by atoms with Crippen LogP contribution in [0.1, 0.15) is 290 Å². The van der Waals surface area contributed by atoms with E-state index in [9.17, 15) is 15.0 Å². The summed E-state index contributed by atoms with van der Waals surface area (Å²) in [5.41, 5.74) is 0. The lowest BCUT2D eigenvalue weighted by Gasteiger charge is -2.19. The van der Waals surface area contributed by atoms with Crippen molar-refractivity contribution in [1.82, 2.24) is 5.32 Å². The molecule has 0 aliphatic heterocycles. The summed E-state index contributed by atoms with van der Waals surface area (Å²) in [5, 5.41) is 23.1. The molecule has 0 rings (SSSR count). The molecule has 2 unspecified atom stereocenters. The highest BCUT2D eigenvalue weighted by atomic mass is 16.3. The molecule has 0 aromatic heterocycles. The van der Waals surface area contributed by atoms with Gasteiger partial charge in [-0.3, -0.25) is 4.79 Å². The number of allylic oxidation sites excluding steroid dienone is 9. The molecule has 368 valence electrons. The van der Waals surface area contributed by atoms with E-state index in [1.807, 2.05) is 6.08 Å². The Kier molecular flexibility index (Phi) is 52.8. The Morgan fingerprint density at radius 2 is 0.667 bits per heavy atom. The minimum atomic E-state index is -0.871. The largest absolute Gasteiger partial charge is 0.394 e. The smallest absolute Gasteiger partial charge is 0.220 e. The van der Waals surface area contributed by atoms with E-state index in [-0.39, 0.29) is 12.5 Å². The van der Waals surface area contributed by atoms with Crippen molar-refractivity contribution in [3.8, 4) is 0 Å². The van der Waals surface area contributed by atoms with Crippen LogP contribution >= 0.6 is 0 Å². The zero-order valence-electron chi connectivity index (χ0n) is 42.3. The fourth-order valence-electron chi connectivity index (χ4n) is 8.42. The molecule has 0 saturated heterocycles. The first-order chi connectivity index (χ1) is 31.2. The average molecular weight is 881 g/mol. The van der Waals surface area contributed by atoms with Gasteiger partial charge in [-0.05, 0) is 77.0 Å². The van der Waals surface area contributed by atoms with E-state index < -0.39 is 12.1 Å². The Morgan fingerprint density at radius 1 is 0.381 bits per heavy atom. The van der Waals surface area contributed by atoms with E-state index in [0.29, 0.717) is 6.42 Å². The second-order valence-corrected chi connectivity index (χ2v) is 19.0. The fraction of sp³-hybridized carbons (Fsp3) is 0.814. The molecule has 0 aromatic carbocycles. The lowest BCUT2D eigenvalue weighted by Crippen LogP contribution is -2.45. The highest BCUT2D eigenvalue weighted by Crippen LogP contribution is 2.16. The Labute approximate surface area is 394 Å². The van der Waals surface area contributed by atoms with Crippen molar-refractivity contribution < 1.29 is 15.0 Å². The van der Waals surface area contributed by atoms with E-state index in [2.05, 4.69) is 67.8 Å². The molecular formula is C59H109NO3. The van der Waals surface area contributed by atoms with Crippen LogP contribution in [0.25, 0.3) is 0 Å². The Morgan fingerprint density at radius 3 is 1.02 bits per heavy atom. The number of rotatable bonds is 51. The summed E-state index contributed by atoms with van der Waals surface area (Å²) in [6, 6.07) is -0.646. The van der Waals surface area contributed by atoms with E-state index in [1.165, 1.54) is 225 Å². The number of nitrogens with one attached hydrogen (secondary N) is 1. The molecule has 1 amide bonds. The Balaban J connectivity index is 3.49. The molecule has 3 N–H and O–H groups in total. The number of hydrogen-bond acceptors (Lipinski definition) is 3. The molecule has 0 heterocycles. The minimum Gasteiger partial charge on any atom is -0.394 e. The second-order valence-electron chi connectivity index (χ2n) is 19.0. The second kappa shape index (κ2) is 54.4. The first kappa shape index (κ1) is 61.1. The summed E-state index contributed by atoms with van der Waals surface area (Å²) < 4.78 is 0. The summed E-state index contributed by atoms with van der Waals surface area (Å²) in [5.74, 6) is -0.0750. The molecule has 0 spiro atoms.